The fourth-order valence-corrected chi connectivity index (χ4v) is 5.99. The van der Waals surface area contributed by atoms with Crippen LogP contribution >= 0.6 is 23.1 Å². The molecule has 3 heterocycles. The van der Waals surface area contributed by atoms with Crippen molar-refractivity contribution in [1.82, 2.24) is 15.0 Å². The number of H-pyrrole nitrogens is 1. The SMILES string of the molecule is CCOC(=O)c1c(C)[nH]c(C)c1C(=O)CSc1ncnc2sc3c(c12)CCC3. The fourth-order valence-electron chi connectivity index (χ4n) is 3.80. The van der Waals surface area contributed by atoms with Gasteiger partial charge in [-0.3, -0.25) is 4.79 Å². The maximum atomic E-state index is 13.0. The van der Waals surface area contributed by atoms with E-state index < -0.39 is 5.97 Å². The molecule has 6 nitrogen and oxygen atoms in total. The molecule has 0 saturated heterocycles. The molecule has 8 heteroatoms. The molecule has 0 aliphatic heterocycles. The third-order valence-corrected chi connectivity index (χ3v) is 7.13. The van der Waals surface area contributed by atoms with Gasteiger partial charge in [0.1, 0.15) is 16.2 Å². The number of aromatic amines is 1. The molecule has 0 fully saturated rings. The molecule has 4 rings (SSSR count). The number of ketones is 1. The first kappa shape index (κ1) is 19.1. The first-order chi connectivity index (χ1) is 13.5. The standard InChI is InChI=1S/C20H21N3O3S2/c1-4-26-20(25)16-11(3)23-10(2)15(16)13(24)8-27-18-17-12-6-5-7-14(12)28-19(17)22-9-21-18/h9,23H,4-8H2,1-3H3. The van der Waals surface area contributed by atoms with E-state index in [1.807, 2.05) is 6.92 Å². The van der Waals surface area contributed by atoms with Crippen molar-refractivity contribution in [3.05, 3.63) is 39.3 Å². The summed E-state index contributed by atoms with van der Waals surface area (Å²) in [6.45, 7) is 5.62. The van der Waals surface area contributed by atoms with Gasteiger partial charge in [0.15, 0.2) is 5.78 Å². The molecule has 146 valence electrons. The average Bonchev–Trinajstić information content (AvgIpc) is 3.32. The van der Waals surface area contributed by atoms with E-state index in [1.54, 1.807) is 31.5 Å². The average molecular weight is 416 g/mol. The van der Waals surface area contributed by atoms with Crippen LogP contribution in [0.3, 0.4) is 0 Å². The predicted molar refractivity (Wildman–Crippen MR) is 111 cm³/mol. The number of esters is 1. The number of nitrogens with zero attached hydrogens (tertiary/aromatic N) is 2. The Balaban J connectivity index is 1.61. The summed E-state index contributed by atoms with van der Waals surface area (Å²) < 4.78 is 5.14. The number of aryl methyl sites for hydroxylation is 4. The second-order valence-corrected chi connectivity index (χ2v) is 8.82. The molecule has 0 atom stereocenters. The van der Waals surface area contributed by atoms with E-state index in [1.165, 1.54) is 28.6 Å². The number of aromatic nitrogens is 3. The van der Waals surface area contributed by atoms with Crippen molar-refractivity contribution in [2.45, 2.75) is 45.1 Å². The second-order valence-electron chi connectivity index (χ2n) is 6.77. The lowest BCUT2D eigenvalue weighted by Gasteiger charge is -2.07. The van der Waals surface area contributed by atoms with Gasteiger partial charge < -0.3 is 9.72 Å². The lowest BCUT2D eigenvalue weighted by Crippen LogP contribution is -2.13. The van der Waals surface area contributed by atoms with E-state index in [-0.39, 0.29) is 18.1 Å². The Bertz CT molecular complexity index is 1080. The van der Waals surface area contributed by atoms with Gasteiger partial charge in [0.05, 0.1) is 23.5 Å². The smallest absolute Gasteiger partial charge is 0.340 e. The van der Waals surface area contributed by atoms with Crippen LogP contribution in [0, 0.1) is 13.8 Å². The van der Waals surface area contributed by atoms with E-state index >= 15 is 0 Å². The molecular weight excluding hydrogens is 394 g/mol. The summed E-state index contributed by atoms with van der Waals surface area (Å²) in [4.78, 5) is 39.7. The summed E-state index contributed by atoms with van der Waals surface area (Å²) in [6, 6.07) is 0. The number of fused-ring (bicyclic) bond motifs is 3. The minimum Gasteiger partial charge on any atom is -0.462 e. The second kappa shape index (κ2) is 7.67. The van der Waals surface area contributed by atoms with Crippen molar-refractivity contribution >= 4 is 45.1 Å². The summed E-state index contributed by atoms with van der Waals surface area (Å²) in [7, 11) is 0. The highest BCUT2D eigenvalue weighted by atomic mass is 32.2. The first-order valence-corrected chi connectivity index (χ1v) is 11.1. The number of ether oxygens (including phenoxy) is 1. The lowest BCUT2D eigenvalue weighted by atomic mass is 10.1. The number of carbonyl (C=O) groups excluding carboxylic acids is 2. The zero-order valence-electron chi connectivity index (χ0n) is 16.0. The number of Topliss-reactive ketones (excluding diaryl/α,β-unsaturated/α-hetero) is 1. The fraction of sp³-hybridized carbons (Fsp3) is 0.400. The van der Waals surface area contributed by atoms with E-state index in [2.05, 4.69) is 15.0 Å². The van der Waals surface area contributed by atoms with Crippen molar-refractivity contribution in [3.63, 3.8) is 0 Å². The van der Waals surface area contributed by atoms with Gasteiger partial charge in [0, 0.05) is 21.7 Å². The van der Waals surface area contributed by atoms with Crippen LogP contribution in [0.4, 0.5) is 0 Å². The minimum absolute atomic E-state index is 0.103. The molecule has 1 aliphatic rings. The van der Waals surface area contributed by atoms with Crippen molar-refractivity contribution in [3.8, 4) is 0 Å². The molecule has 1 aliphatic carbocycles. The molecule has 0 amide bonds. The molecular formula is C20H21N3O3S2. The largest absolute Gasteiger partial charge is 0.462 e. The van der Waals surface area contributed by atoms with Crippen LogP contribution in [0.2, 0.25) is 0 Å². The normalized spacial score (nSPS) is 13.1. The third-order valence-electron chi connectivity index (χ3n) is 4.94. The molecule has 0 radical (unpaired) electrons. The summed E-state index contributed by atoms with van der Waals surface area (Å²) in [5, 5.41) is 1.95. The Morgan fingerprint density at radius 3 is 2.79 bits per heavy atom. The molecule has 28 heavy (non-hydrogen) atoms. The molecule has 3 aromatic heterocycles. The number of thiophene rings is 1. The van der Waals surface area contributed by atoms with Crippen LogP contribution in [0.5, 0.6) is 0 Å². The molecule has 0 aromatic carbocycles. The van der Waals surface area contributed by atoms with Crippen LogP contribution in [-0.4, -0.2) is 39.1 Å². The van der Waals surface area contributed by atoms with Crippen LogP contribution in [0.15, 0.2) is 11.4 Å². The third kappa shape index (κ3) is 3.24. The Kier molecular flexibility index (Phi) is 5.25. The van der Waals surface area contributed by atoms with Crippen LogP contribution in [-0.2, 0) is 17.6 Å². The Hall–Kier alpha value is -2.19. The van der Waals surface area contributed by atoms with Gasteiger partial charge >= 0.3 is 5.97 Å². The quantitative estimate of drug-likeness (QED) is 0.280. The van der Waals surface area contributed by atoms with Gasteiger partial charge in [-0.15, -0.1) is 11.3 Å². The predicted octanol–water partition coefficient (Wildman–Crippen LogP) is 4.28. The van der Waals surface area contributed by atoms with Gasteiger partial charge in [0.25, 0.3) is 0 Å². The van der Waals surface area contributed by atoms with E-state index in [4.69, 9.17) is 4.74 Å². The number of hydrogen-bond acceptors (Lipinski definition) is 7. The van der Waals surface area contributed by atoms with Crippen LogP contribution in [0.1, 0.15) is 55.9 Å². The summed E-state index contributed by atoms with van der Waals surface area (Å²) in [5.41, 5.74) is 3.45. The van der Waals surface area contributed by atoms with E-state index in [9.17, 15) is 9.59 Å². The maximum Gasteiger partial charge on any atom is 0.340 e. The summed E-state index contributed by atoms with van der Waals surface area (Å²) in [5.74, 6) is -0.354. The Labute approximate surface area is 171 Å². The van der Waals surface area contributed by atoms with Crippen molar-refractivity contribution in [1.29, 1.82) is 0 Å². The van der Waals surface area contributed by atoms with Crippen molar-refractivity contribution in [2.24, 2.45) is 0 Å². The number of nitrogens with one attached hydrogen (secondary N) is 1. The highest BCUT2D eigenvalue weighted by Gasteiger charge is 2.26. The number of thioether (sulfide) groups is 1. The molecule has 3 aromatic rings. The van der Waals surface area contributed by atoms with E-state index in [0.717, 1.165) is 28.1 Å². The van der Waals surface area contributed by atoms with Gasteiger partial charge in [-0.25, -0.2) is 14.8 Å². The molecule has 0 saturated carbocycles. The van der Waals surface area contributed by atoms with E-state index in [0.29, 0.717) is 22.5 Å². The lowest BCUT2D eigenvalue weighted by molar-refractivity contribution is 0.0522. The van der Waals surface area contributed by atoms with Gasteiger partial charge in [0.2, 0.25) is 0 Å². The zero-order chi connectivity index (χ0) is 19.8. The topological polar surface area (TPSA) is 84.9 Å². The summed E-state index contributed by atoms with van der Waals surface area (Å²) in [6.07, 6.45) is 4.88. The van der Waals surface area contributed by atoms with Gasteiger partial charge in [-0.05, 0) is 45.6 Å². The summed E-state index contributed by atoms with van der Waals surface area (Å²) >= 11 is 3.15. The highest BCUT2D eigenvalue weighted by Crippen LogP contribution is 2.40. The van der Waals surface area contributed by atoms with Gasteiger partial charge in [-0.2, -0.15) is 0 Å². The highest BCUT2D eigenvalue weighted by molar-refractivity contribution is 8.00. The Morgan fingerprint density at radius 2 is 2.00 bits per heavy atom. The molecule has 0 spiro atoms. The molecule has 0 bridgehead atoms. The number of rotatable bonds is 6. The zero-order valence-corrected chi connectivity index (χ0v) is 17.7. The maximum absolute atomic E-state index is 13.0. The van der Waals surface area contributed by atoms with Crippen LogP contribution < -0.4 is 0 Å². The monoisotopic (exact) mass is 415 g/mol. The van der Waals surface area contributed by atoms with Crippen molar-refractivity contribution in [2.75, 3.05) is 12.4 Å². The van der Waals surface area contributed by atoms with Gasteiger partial charge in [-0.1, -0.05) is 11.8 Å². The van der Waals surface area contributed by atoms with Crippen molar-refractivity contribution < 1.29 is 14.3 Å². The number of carbonyl (C=O) groups is 2. The molecule has 0 unspecified atom stereocenters. The molecule has 1 N–H and O–H groups in total. The first-order valence-electron chi connectivity index (χ1n) is 9.28. The number of hydrogen-bond donors (Lipinski definition) is 1. The van der Waals surface area contributed by atoms with Crippen LogP contribution in [0.25, 0.3) is 10.2 Å². The minimum atomic E-state index is -0.460. The Morgan fingerprint density at radius 1 is 1.21 bits per heavy atom.